The van der Waals surface area contributed by atoms with Gasteiger partial charge in [-0.15, -0.1) is 0 Å². The Bertz CT molecular complexity index is 676. The second-order valence-electron chi connectivity index (χ2n) is 10.7. The SMILES string of the molecule is C[C@@H]1COC2[C@H](O)C34C5C[C@@H](C(C)(C)C)C36CCOC6OC4(CO5)[C@]21O. The highest BCUT2D eigenvalue weighted by Gasteiger charge is 2.97. The Morgan fingerprint density at radius 2 is 1.88 bits per heavy atom. The number of hydrogen-bond acceptors (Lipinski definition) is 6. The molecule has 2 spiro atoms. The molecule has 10 atom stereocenters. The van der Waals surface area contributed by atoms with E-state index in [0.29, 0.717) is 25.7 Å². The molecule has 0 amide bonds. The highest BCUT2D eigenvalue weighted by atomic mass is 16.7. The van der Waals surface area contributed by atoms with Gasteiger partial charge in [-0.2, -0.15) is 0 Å². The number of fused-ring (bicyclic) bond motifs is 1. The fourth-order valence-electron chi connectivity index (χ4n) is 8.52. The van der Waals surface area contributed by atoms with Gasteiger partial charge in [-0.1, -0.05) is 27.7 Å². The number of aliphatic hydroxyl groups is 2. The lowest BCUT2D eigenvalue weighted by atomic mass is 9.52. The minimum Gasteiger partial charge on any atom is -0.389 e. The monoisotopic (exact) mass is 366 g/mol. The predicted octanol–water partition coefficient (Wildman–Crippen LogP) is 1.08. The quantitative estimate of drug-likeness (QED) is 0.668. The van der Waals surface area contributed by atoms with Gasteiger partial charge < -0.3 is 29.2 Å². The zero-order valence-electron chi connectivity index (χ0n) is 16.0. The molecule has 6 unspecified atom stereocenters. The summed E-state index contributed by atoms with van der Waals surface area (Å²) in [6, 6.07) is 0. The van der Waals surface area contributed by atoms with Crippen LogP contribution in [0.15, 0.2) is 0 Å². The third-order valence-electron chi connectivity index (χ3n) is 9.18. The first kappa shape index (κ1) is 16.7. The van der Waals surface area contributed by atoms with E-state index >= 15 is 0 Å². The number of aliphatic hydroxyl groups excluding tert-OH is 1. The van der Waals surface area contributed by atoms with Crippen molar-refractivity contribution in [2.45, 2.75) is 76.3 Å². The summed E-state index contributed by atoms with van der Waals surface area (Å²) in [7, 11) is 0. The van der Waals surface area contributed by atoms with E-state index in [2.05, 4.69) is 20.8 Å². The maximum atomic E-state index is 12.0. The lowest BCUT2D eigenvalue weighted by Crippen LogP contribution is -2.63. The Morgan fingerprint density at radius 3 is 2.62 bits per heavy atom. The lowest BCUT2D eigenvalue weighted by molar-refractivity contribution is -0.245. The Balaban J connectivity index is 1.65. The summed E-state index contributed by atoms with van der Waals surface area (Å²) in [5.41, 5.74) is -3.16. The Labute approximate surface area is 154 Å². The van der Waals surface area contributed by atoms with Crippen LogP contribution < -0.4 is 0 Å². The Hall–Kier alpha value is -0.240. The summed E-state index contributed by atoms with van der Waals surface area (Å²) in [6.45, 7) is 10.2. The van der Waals surface area contributed by atoms with E-state index in [9.17, 15) is 10.2 Å². The molecule has 2 saturated carbocycles. The Kier molecular flexibility index (Phi) is 2.79. The molecule has 0 bridgehead atoms. The van der Waals surface area contributed by atoms with E-state index in [1.54, 1.807) is 0 Å². The van der Waals surface area contributed by atoms with Crippen LogP contribution in [-0.2, 0) is 18.9 Å². The highest BCUT2D eigenvalue weighted by Crippen LogP contribution is 2.84. The second-order valence-corrected chi connectivity index (χ2v) is 10.7. The van der Waals surface area contributed by atoms with Gasteiger partial charge in [-0.25, -0.2) is 0 Å². The van der Waals surface area contributed by atoms with Gasteiger partial charge in [0.15, 0.2) is 6.29 Å². The van der Waals surface area contributed by atoms with Gasteiger partial charge in [-0.05, 0) is 24.2 Å². The normalized spacial score (nSPS) is 65.3. The van der Waals surface area contributed by atoms with E-state index in [1.807, 2.05) is 6.92 Å². The Morgan fingerprint density at radius 1 is 1.12 bits per heavy atom. The molecule has 4 saturated heterocycles. The smallest absolute Gasteiger partial charge is 0.165 e. The average Bonchev–Trinajstić information content (AvgIpc) is 3.29. The molecule has 26 heavy (non-hydrogen) atoms. The van der Waals surface area contributed by atoms with Crippen LogP contribution in [0, 0.1) is 28.1 Å². The van der Waals surface area contributed by atoms with E-state index in [1.165, 1.54) is 0 Å². The van der Waals surface area contributed by atoms with Gasteiger partial charge in [0.2, 0.25) is 0 Å². The topological polar surface area (TPSA) is 77.4 Å². The van der Waals surface area contributed by atoms with Gasteiger partial charge in [0.25, 0.3) is 0 Å². The first-order valence-electron chi connectivity index (χ1n) is 10.1. The van der Waals surface area contributed by atoms with Crippen LogP contribution in [0.25, 0.3) is 0 Å². The van der Waals surface area contributed by atoms with Crippen molar-refractivity contribution in [1.82, 2.24) is 0 Å². The molecule has 6 heteroatoms. The first-order valence-corrected chi connectivity index (χ1v) is 10.1. The van der Waals surface area contributed by atoms with Crippen molar-refractivity contribution in [3.63, 3.8) is 0 Å². The molecule has 0 aromatic carbocycles. The number of rotatable bonds is 0. The summed E-state index contributed by atoms with van der Waals surface area (Å²) in [5, 5.41) is 23.7. The average molecular weight is 366 g/mol. The standard InChI is InChI=1S/C20H30O6/c1-10-8-24-14-13(21)19-12-7-11(16(2,3)4)17(19)5-6-23-15(17)26-18(19,9-25-12)20(10,14)22/h10-15,21-22H,5-9H2,1-4H3/t10-,11+,12?,13+,14?,15?,17?,18?,19?,20-/m1/s1. The molecule has 6 fully saturated rings. The molecule has 146 valence electrons. The molecule has 0 radical (unpaired) electrons. The zero-order valence-corrected chi connectivity index (χ0v) is 16.0. The third-order valence-corrected chi connectivity index (χ3v) is 9.18. The van der Waals surface area contributed by atoms with Crippen molar-refractivity contribution in [3.8, 4) is 0 Å². The summed E-state index contributed by atoms with van der Waals surface area (Å²) >= 11 is 0. The molecule has 2 aliphatic carbocycles. The molecule has 2 N–H and O–H groups in total. The molecule has 4 aliphatic heterocycles. The van der Waals surface area contributed by atoms with Crippen molar-refractivity contribution in [1.29, 1.82) is 0 Å². The van der Waals surface area contributed by atoms with Crippen molar-refractivity contribution >= 4 is 0 Å². The fraction of sp³-hybridized carbons (Fsp3) is 1.00. The first-order chi connectivity index (χ1) is 12.2. The van der Waals surface area contributed by atoms with Crippen LogP contribution in [0.3, 0.4) is 0 Å². The van der Waals surface area contributed by atoms with E-state index in [0.717, 1.165) is 12.8 Å². The molecular weight excluding hydrogens is 336 g/mol. The zero-order chi connectivity index (χ0) is 18.3. The van der Waals surface area contributed by atoms with E-state index in [4.69, 9.17) is 18.9 Å². The lowest BCUT2D eigenvalue weighted by Gasteiger charge is -2.48. The largest absolute Gasteiger partial charge is 0.389 e. The molecule has 0 aromatic heterocycles. The van der Waals surface area contributed by atoms with Gasteiger partial charge in [-0.3, -0.25) is 0 Å². The molecule has 6 rings (SSSR count). The van der Waals surface area contributed by atoms with Crippen LogP contribution in [-0.4, -0.2) is 65.8 Å². The van der Waals surface area contributed by atoms with Crippen molar-refractivity contribution in [2.75, 3.05) is 19.8 Å². The van der Waals surface area contributed by atoms with Gasteiger partial charge in [0, 0.05) is 11.3 Å². The molecule has 0 aromatic rings. The van der Waals surface area contributed by atoms with Gasteiger partial charge in [0.05, 0.1) is 37.4 Å². The van der Waals surface area contributed by atoms with Crippen molar-refractivity contribution in [2.24, 2.45) is 28.1 Å². The minimum atomic E-state index is -1.24. The highest BCUT2D eigenvalue weighted by molar-refractivity contribution is 5.42. The maximum absolute atomic E-state index is 12.0. The second kappa shape index (κ2) is 4.34. The van der Waals surface area contributed by atoms with E-state index in [-0.39, 0.29) is 29.1 Å². The summed E-state index contributed by atoms with van der Waals surface area (Å²) in [4.78, 5) is 0. The minimum absolute atomic E-state index is 0.0281. The van der Waals surface area contributed by atoms with Crippen molar-refractivity contribution < 1.29 is 29.2 Å². The van der Waals surface area contributed by atoms with Crippen molar-refractivity contribution in [3.05, 3.63) is 0 Å². The van der Waals surface area contributed by atoms with E-state index < -0.39 is 28.8 Å². The predicted molar refractivity (Wildman–Crippen MR) is 90.2 cm³/mol. The number of hydrogen-bond donors (Lipinski definition) is 2. The molecule has 6 nitrogen and oxygen atoms in total. The van der Waals surface area contributed by atoms with Crippen LogP contribution >= 0.6 is 0 Å². The summed E-state index contributed by atoms with van der Waals surface area (Å²) in [6.07, 6.45) is -0.199. The maximum Gasteiger partial charge on any atom is 0.165 e. The van der Waals surface area contributed by atoms with Crippen LogP contribution in [0.5, 0.6) is 0 Å². The van der Waals surface area contributed by atoms with Gasteiger partial charge in [0.1, 0.15) is 17.3 Å². The van der Waals surface area contributed by atoms with Gasteiger partial charge >= 0.3 is 0 Å². The third kappa shape index (κ3) is 1.24. The summed E-state index contributed by atoms with van der Waals surface area (Å²) < 4.78 is 25.1. The van der Waals surface area contributed by atoms with Crippen LogP contribution in [0.4, 0.5) is 0 Å². The van der Waals surface area contributed by atoms with Crippen LogP contribution in [0.2, 0.25) is 0 Å². The summed E-state index contributed by atoms with van der Waals surface area (Å²) in [5.74, 6) is 0.176. The number of ether oxygens (including phenoxy) is 4. The fourth-order valence-corrected chi connectivity index (χ4v) is 8.52. The molecule has 6 aliphatic rings. The molecule has 4 heterocycles. The molecular formula is C20H30O6. The van der Waals surface area contributed by atoms with Crippen LogP contribution in [0.1, 0.15) is 40.5 Å².